The van der Waals surface area contributed by atoms with E-state index >= 15 is 0 Å². The van der Waals surface area contributed by atoms with E-state index in [1.54, 1.807) is 0 Å². The highest BCUT2D eigenvalue weighted by atomic mass is 16.5. The summed E-state index contributed by atoms with van der Waals surface area (Å²) in [6.07, 6.45) is 7.14. The van der Waals surface area contributed by atoms with Gasteiger partial charge in [0.15, 0.2) is 0 Å². The lowest BCUT2D eigenvalue weighted by atomic mass is 9.78. The summed E-state index contributed by atoms with van der Waals surface area (Å²) >= 11 is 0. The molecule has 0 amide bonds. The largest absolute Gasteiger partial charge is 0.367 e. The molecule has 2 aliphatic carbocycles. The summed E-state index contributed by atoms with van der Waals surface area (Å²) in [6, 6.07) is 0. The quantitative estimate of drug-likeness (QED) is 0.837. The van der Waals surface area contributed by atoms with Gasteiger partial charge in [-0.05, 0) is 57.4 Å². The first kappa shape index (κ1) is 15.0. The van der Waals surface area contributed by atoms with Gasteiger partial charge in [0.25, 0.3) is 0 Å². The minimum Gasteiger partial charge on any atom is -0.367 e. The second-order valence-electron chi connectivity index (χ2n) is 6.71. The Balaban J connectivity index is 1.65. The fourth-order valence-electron chi connectivity index (χ4n) is 3.40. The molecule has 2 unspecified atom stereocenters. The minimum absolute atomic E-state index is 0.329. The van der Waals surface area contributed by atoms with Gasteiger partial charge >= 0.3 is 0 Å². The zero-order valence-electron chi connectivity index (χ0n) is 13.2. The van der Waals surface area contributed by atoms with Gasteiger partial charge in [0.1, 0.15) is 5.60 Å². The van der Waals surface area contributed by atoms with E-state index in [4.69, 9.17) is 9.26 Å². The zero-order valence-corrected chi connectivity index (χ0v) is 13.2. The maximum absolute atomic E-state index is 6.09. The fraction of sp³-hybridized carbons (Fsp3) is 0.875. The van der Waals surface area contributed by atoms with Crippen LogP contribution in [0, 0.1) is 11.8 Å². The van der Waals surface area contributed by atoms with Crippen molar-refractivity contribution in [2.75, 3.05) is 13.2 Å². The molecule has 1 aromatic heterocycles. The summed E-state index contributed by atoms with van der Waals surface area (Å²) in [6.45, 7) is 6.74. The molecule has 0 aliphatic heterocycles. The summed E-state index contributed by atoms with van der Waals surface area (Å²) < 4.78 is 11.5. The summed E-state index contributed by atoms with van der Waals surface area (Å²) in [4.78, 5) is 4.61. The van der Waals surface area contributed by atoms with Crippen LogP contribution in [-0.4, -0.2) is 23.3 Å². The summed E-state index contributed by atoms with van der Waals surface area (Å²) in [5.41, 5.74) is -0.329. The highest BCUT2D eigenvalue weighted by molar-refractivity contribution is 5.04. The van der Waals surface area contributed by atoms with Gasteiger partial charge < -0.3 is 14.6 Å². The molecule has 2 aliphatic rings. The maximum Gasteiger partial charge on any atom is 0.240 e. The number of nitrogens with zero attached hydrogens (tertiary/aromatic N) is 2. The lowest BCUT2D eigenvalue weighted by molar-refractivity contribution is -0.0891. The molecule has 5 nitrogen and oxygen atoms in total. The third kappa shape index (κ3) is 3.64. The third-order valence-electron chi connectivity index (χ3n) is 4.66. The van der Waals surface area contributed by atoms with Crippen molar-refractivity contribution in [2.45, 2.75) is 64.5 Å². The lowest BCUT2D eigenvalue weighted by Crippen LogP contribution is -2.36. The van der Waals surface area contributed by atoms with Crippen LogP contribution in [-0.2, 0) is 16.9 Å². The minimum atomic E-state index is -0.329. The van der Waals surface area contributed by atoms with E-state index in [1.807, 2.05) is 6.92 Å². The van der Waals surface area contributed by atoms with E-state index in [0.717, 1.165) is 31.1 Å². The Bertz CT molecular complexity index is 454. The molecule has 2 fully saturated rings. The van der Waals surface area contributed by atoms with Crippen LogP contribution in [0.4, 0.5) is 0 Å². The van der Waals surface area contributed by atoms with Gasteiger partial charge in [0, 0.05) is 6.61 Å². The normalized spacial score (nSPS) is 29.7. The molecule has 0 saturated heterocycles. The van der Waals surface area contributed by atoms with Gasteiger partial charge in [-0.25, -0.2) is 0 Å². The van der Waals surface area contributed by atoms with Crippen molar-refractivity contribution in [1.29, 1.82) is 0 Å². The highest BCUT2D eigenvalue weighted by Gasteiger charge is 2.41. The standard InChI is InChI=1S/C16H27N3O2/c1-3-20-16(8-4-5-12(2)9-16)15-18-14(21-19-15)11-17-10-13-6-7-13/h12-13,17H,3-11H2,1-2H3. The molecule has 0 aromatic carbocycles. The Labute approximate surface area is 126 Å². The zero-order chi connectivity index (χ0) is 14.7. The van der Waals surface area contributed by atoms with E-state index in [0.29, 0.717) is 25.0 Å². The summed E-state index contributed by atoms with van der Waals surface area (Å²) in [7, 11) is 0. The number of rotatable bonds is 7. The van der Waals surface area contributed by atoms with Crippen LogP contribution in [0.25, 0.3) is 0 Å². The predicted molar refractivity (Wildman–Crippen MR) is 79.7 cm³/mol. The number of nitrogens with one attached hydrogen (secondary N) is 1. The van der Waals surface area contributed by atoms with Gasteiger partial charge in [-0.15, -0.1) is 0 Å². The molecular formula is C16H27N3O2. The van der Waals surface area contributed by atoms with Gasteiger partial charge in [-0.2, -0.15) is 4.98 Å². The molecule has 2 atom stereocenters. The molecule has 0 spiro atoms. The lowest BCUT2D eigenvalue weighted by Gasteiger charge is -2.37. The van der Waals surface area contributed by atoms with Crippen molar-refractivity contribution in [2.24, 2.45) is 11.8 Å². The molecule has 0 radical (unpaired) electrons. The first-order chi connectivity index (χ1) is 10.2. The van der Waals surface area contributed by atoms with Gasteiger partial charge in [-0.3, -0.25) is 0 Å². The van der Waals surface area contributed by atoms with E-state index in [9.17, 15) is 0 Å². The van der Waals surface area contributed by atoms with Crippen LogP contribution in [0.5, 0.6) is 0 Å². The average molecular weight is 293 g/mol. The van der Waals surface area contributed by atoms with E-state index < -0.39 is 0 Å². The SMILES string of the molecule is CCOC1(c2noc(CNCC3CC3)n2)CCCC(C)C1. The van der Waals surface area contributed by atoms with Crippen LogP contribution in [0.3, 0.4) is 0 Å². The van der Waals surface area contributed by atoms with Crippen LogP contribution in [0.15, 0.2) is 4.52 Å². The Hall–Kier alpha value is -0.940. The van der Waals surface area contributed by atoms with E-state index in [1.165, 1.54) is 25.7 Å². The van der Waals surface area contributed by atoms with Gasteiger partial charge in [-0.1, -0.05) is 18.5 Å². The molecule has 0 bridgehead atoms. The number of hydrogen-bond donors (Lipinski definition) is 1. The van der Waals surface area contributed by atoms with Crippen molar-refractivity contribution in [3.05, 3.63) is 11.7 Å². The van der Waals surface area contributed by atoms with E-state index in [2.05, 4.69) is 22.4 Å². The van der Waals surface area contributed by atoms with Crippen molar-refractivity contribution < 1.29 is 9.26 Å². The fourth-order valence-corrected chi connectivity index (χ4v) is 3.40. The first-order valence-electron chi connectivity index (χ1n) is 8.39. The topological polar surface area (TPSA) is 60.2 Å². The molecule has 1 N–H and O–H groups in total. The molecule has 1 heterocycles. The molecular weight excluding hydrogens is 266 g/mol. The highest BCUT2D eigenvalue weighted by Crippen LogP contribution is 2.41. The van der Waals surface area contributed by atoms with Crippen molar-refractivity contribution in [3.63, 3.8) is 0 Å². The molecule has 3 rings (SSSR count). The van der Waals surface area contributed by atoms with Crippen LogP contribution < -0.4 is 5.32 Å². The van der Waals surface area contributed by atoms with Crippen molar-refractivity contribution in [1.82, 2.24) is 15.5 Å². The molecule has 5 heteroatoms. The smallest absolute Gasteiger partial charge is 0.240 e. The van der Waals surface area contributed by atoms with Crippen molar-refractivity contribution >= 4 is 0 Å². The molecule has 1 aromatic rings. The Morgan fingerprint density at radius 1 is 1.38 bits per heavy atom. The predicted octanol–water partition coefficient (Wildman–Crippen LogP) is 3.01. The number of ether oxygens (including phenoxy) is 1. The average Bonchev–Trinajstić information content (AvgIpc) is 3.15. The monoisotopic (exact) mass is 293 g/mol. The Morgan fingerprint density at radius 3 is 2.95 bits per heavy atom. The third-order valence-corrected chi connectivity index (χ3v) is 4.66. The first-order valence-corrected chi connectivity index (χ1v) is 8.39. The molecule has 118 valence electrons. The van der Waals surface area contributed by atoms with Gasteiger partial charge in [0.2, 0.25) is 11.7 Å². The van der Waals surface area contributed by atoms with Gasteiger partial charge in [0.05, 0.1) is 6.54 Å². The Morgan fingerprint density at radius 2 is 2.24 bits per heavy atom. The summed E-state index contributed by atoms with van der Waals surface area (Å²) in [5, 5.41) is 7.62. The maximum atomic E-state index is 6.09. The second kappa shape index (κ2) is 6.44. The molecule has 21 heavy (non-hydrogen) atoms. The van der Waals surface area contributed by atoms with Crippen LogP contribution in [0.2, 0.25) is 0 Å². The van der Waals surface area contributed by atoms with Crippen LogP contribution >= 0.6 is 0 Å². The van der Waals surface area contributed by atoms with Crippen molar-refractivity contribution in [3.8, 4) is 0 Å². The Kier molecular flexibility index (Phi) is 4.60. The number of hydrogen-bond acceptors (Lipinski definition) is 5. The summed E-state index contributed by atoms with van der Waals surface area (Å²) in [5.74, 6) is 2.95. The van der Waals surface area contributed by atoms with Crippen LogP contribution in [0.1, 0.15) is 64.1 Å². The van der Waals surface area contributed by atoms with E-state index in [-0.39, 0.29) is 5.60 Å². The molecule has 2 saturated carbocycles. The second-order valence-corrected chi connectivity index (χ2v) is 6.71. The number of aromatic nitrogens is 2.